The Morgan fingerprint density at radius 3 is 2.60 bits per heavy atom. The van der Waals surface area contributed by atoms with E-state index in [4.69, 9.17) is 5.73 Å². The van der Waals surface area contributed by atoms with Gasteiger partial charge in [-0.1, -0.05) is 18.9 Å². The topological polar surface area (TPSA) is 38.9 Å². The van der Waals surface area contributed by atoms with Crippen LogP contribution in [0.4, 0.5) is 0 Å². The largest absolute Gasteiger partial charge is 0.322 e. The highest BCUT2D eigenvalue weighted by Gasteiger charge is 2.23. The molecule has 2 nitrogen and oxygen atoms in total. The third kappa shape index (κ3) is 2.93. The molecule has 0 radical (unpaired) electrons. The van der Waals surface area contributed by atoms with Crippen LogP contribution in [0.1, 0.15) is 43.1 Å². The Kier molecular flexibility index (Phi) is 4.55. The van der Waals surface area contributed by atoms with Gasteiger partial charge in [0.2, 0.25) is 0 Å². The maximum absolute atomic E-state index is 6.21. The predicted octanol–water partition coefficient (Wildman–Crippen LogP) is 3.00. The van der Waals surface area contributed by atoms with Crippen LogP contribution in [0.2, 0.25) is 0 Å². The normalized spacial score (nSPS) is 18.5. The van der Waals surface area contributed by atoms with Crippen molar-refractivity contribution in [2.45, 2.75) is 38.6 Å². The number of nitrogens with two attached hydrogens (primary N) is 1. The minimum Gasteiger partial charge on any atom is -0.322 e. The van der Waals surface area contributed by atoms with Gasteiger partial charge in [0, 0.05) is 11.7 Å². The van der Waals surface area contributed by atoms with Crippen LogP contribution >= 0.6 is 12.4 Å². The Morgan fingerprint density at radius 2 is 2.00 bits per heavy atom. The van der Waals surface area contributed by atoms with Gasteiger partial charge in [-0.25, -0.2) is 0 Å². The Morgan fingerprint density at radius 1 is 1.33 bits per heavy atom. The minimum absolute atomic E-state index is 0. The summed E-state index contributed by atoms with van der Waals surface area (Å²) in [5.41, 5.74) is 8.34. The van der Waals surface area contributed by atoms with E-state index in [2.05, 4.69) is 11.1 Å². The van der Waals surface area contributed by atoms with E-state index in [9.17, 15) is 0 Å². The van der Waals surface area contributed by atoms with Gasteiger partial charge in [0.05, 0.1) is 5.69 Å². The number of hydrogen-bond acceptors (Lipinski definition) is 2. The molecule has 0 bridgehead atoms. The molecule has 15 heavy (non-hydrogen) atoms. The maximum Gasteiger partial charge on any atom is 0.0577 e. The van der Waals surface area contributed by atoms with Crippen LogP contribution in [-0.4, -0.2) is 4.98 Å². The molecule has 0 unspecified atom stereocenters. The van der Waals surface area contributed by atoms with E-state index in [1.54, 1.807) is 0 Å². The lowest BCUT2D eigenvalue weighted by atomic mass is 9.96. The van der Waals surface area contributed by atoms with Crippen LogP contribution in [-0.2, 0) is 0 Å². The van der Waals surface area contributed by atoms with Crippen LogP contribution in [0.15, 0.2) is 18.2 Å². The summed E-state index contributed by atoms with van der Waals surface area (Å²) in [6, 6.07) is 6.27. The fourth-order valence-electron chi connectivity index (χ4n) is 2.31. The van der Waals surface area contributed by atoms with Crippen molar-refractivity contribution in [3.63, 3.8) is 0 Å². The number of aromatic nitrogens is 1. The summed E-state index contributed by atoms with van der Waals surface area (Å²) in [6.45, 7) is 2.02. The summed E-state index contributed by atoms with van der Waals surface area (Å²) in [5, 5.41) is 0. The first-order valence-electron chi connectivity index (χ1n) is 5.46. The zero-order valence-corrected chi connectivity index (χ0v) is 9.96. The van der Waals surface area contributed by atoms with E-state index in [1.165, 1.54) is 25.7 Å². The lowest BCUT2D eigenvalue weighted by molar-refractivity contribution is 0.436. The van der Waals surface area contributed by atoms with Crippen molar-refractivity contribution in [3.8, 4) is 0 Å². The SMILES string of the molecule is Cc1cccc([C@@H](N)C2CCCC2)n1.Cl. The molecular weight excluding hydrogens is 208 g/mol. The van der Waals surface area contributed by atoms with Crippen LogP contribution in [0.5, 0.6) is 0 Å². The first-order chi connectivity index (χ1) is 6.77. The van der Waals surface area contributed by atoms with Gasteiger partial charge in [0.25, 0.3) is 0 Å². The van der Waals surface area contributed by atoms with E-state index >= 15 is 0 Å². The first kappa shape index (κ1) is 12.5. The molecule has 1 aliphatic carbocycles. The molecule has 0 spiro atoms. The molecule has 0 aromatic carbocycles. The third-order valence-electron chi connectivity index (χ3n) is 3.16. The van der Waals surface area contributed by atoms with Gasteiger partial charge in [-0.2, -0.15) is 0 Å². The second kappa shape index (κ2) is 5.47. The van der Waals surface area contributed by atoms with Crippen molar-refractivity contribution >= 4 is 12.4 Å². The highest BCUT2D eigenvalue weighted by Crippen LogP contribution is 2.33. The summed E-state index contributed by atoms with van der Waals surface area (Å²) in [5.74, 6) is 0.657. The van der Waals surface area contributed by atoms with Crippen LogP contribution < -0.4 is 5.73 Å². The molecule has 0 saturated heterocycles. The van der Waals surface area contributed by atoms with E-state index < -0.39 is 0 Å². The highest BCUT2D eigenvalue weighted by atomic mass is 35.5. The number of hydrogen-bond donors (Lipinski definition) is 1. The molecule has 1 aromatic rings. The predicted molar refractivity (Wildman–Crippen MR) is 65.1 cm³/mol. The Bertz CT molecular complexity index is 308. The van der Waals surface area contributed by atoms with Gasteiger partial charge in [0.1, 0.15) is 0 Å². The Labute approximate surface area is 97.7 Å². The van der Waals surface area contributed by atoms with Crippen molar-refractivity contribution in [3.05, 3.63) is 29.6 Å². The number of halogens is 1. The second-order valence-corrected chi connectivity index (χ2v) is 4.27. The molecule has 3 heteroatoms. The molecule has 84 valence electrons. The quantitative estimate of drug-likeness (QED) is 0.842. The molecule has 1 fully saturated rings. The van der Waals surface area contributed by atoms with Crippen molar-refractivity contribution in [2.24, 2.45) is 11.7 Å². The van der Waals surface area contributed by atoms with Crippen molar-refractivity contribution < 1.29 is 0 Å². The third-order valence-corrected chi connectivity index (χ3v) is 3.16. The van der Waals surface area contributed by atoms with E-state index in [1.807, 2.05) is 19.1 Å². The highest BCUT2D eigenvalue weighted by molar-refractivity contribution is 5.85. The molecule has 2 rings (SSSR count). The fraction of sp³-hybridized carbons (Fsp3) is 0.583. The van der Waals surface area contributed by atoms with E-state index in [0.717, 1.165) is 11.4 Å². The summed E-state index contributed by atoms with van der Waals surface area (Å²) < 4.78 is 0. The lowest BCUT2D eigenvalue weighted by Crippen LogP contribution is -2.20. The van der Waals surface area contributed by atoms with Gasteiger partial charge in [-0.3, -0.25) is 4.98 Å². The van der Waals surface area contributed by atoms with Crippen molar-refractivity contribution in [1.29, 1.82) is 0 Å². The average Bonchev–Trinajstić information content (AvgIpc) is 2.69. The van der Waals surface area contributed by atoms with Crippen LogP contribution in [0, 0.1) is 12.8 Å². The van der Waals surface area contributed by atoms with E-state index in [-0.39, 0.29) is 18.4 Å². The smallest absolute Gasteiger partial charge is 0.0577 e. The summed E-state index contributed by atoms with van der Waals surface area (Å²) >= 11 is 0. The second-order valence-electron chi connectivity index (χ2n) is 4.27. The monoisotopic (exact) mass is 226 g/mol. The van der Waals surface area contributed by atoms with E-state index in [0.29, 0.717) is 5.92 Å². The van der Waals surface area contributed by atoms with Gasteiger partial charge < -0.3 is 5.73 Å². The average molecular weight is 227 g/mol. The number of aryl methyl sites for hydroxylation is 1. The lowest BCUT2D eigenvalue weighted by Gasteiger charge is -2.18. The van der Waals surface area contributed by atoms with Crippen LogP contribution in [0.3, 0.4) is 0 Å². The first-order valence-corrected chi connectivity index (χ1v) is 5.46. The molecule has 1 aromatic heterocycles. The number of pyridine rings is 1. The van der Waals surface area contributed by atoms with Gasteiger partial charge >= 0.3 is 0 Å². The Balaban J connectivity index is 0.00000112. The van der Waals surface area contributed by atoms with Crippen molar-refractivity contribution in [1.82, 2.24) is 4.98 Å². The number of nitrogens with zero attached hydrogens (tertiary/aromatic N) is 1. The molecule has 0 amide bonds. The molecule has 0 aliphatic heterocycles. The molecule has 1 heterocycles. The molecular formula is C12H19ClN2. The van der Waals surface area contributed by atoms with Gasteiger partial charge in [-0.05, 0) is 37.8 Å². The zero-order chi connectivity index (χ0) is 9.97. The summed E-state index contributed by atoms with van der Waals surface area (Å²) in [4.78, 5) is 4.49. The van der Waals surface area contributed by atoms with Crippen LogP contribution in [0.25, 0.3) is 0 Å². The summed E-state index contributed by atoms with van der Waals surface area (Å²) in [6.07, 6.45) is 5.22. The minimum atomic E-state index is 0. The molecule has 1 atom stereocenters. The Hall–Kier alpha value is -0.600. The molecule has 1 aliphatic rings. The maximum atomic E-state index is 6.21. The van der Waals surface area contributed by atoms with Crippen molar-refractivity contribution in [2.75, 3.05) is 0 Å². The molecule has 2 N–H and O–H groups in total. The van der Waals surface area contributed by atoms with Gasteiger partial charge in [0.15, 0.2) is 0 Å². The fourth-order valence-corrected chi connectivity index (χ4v) is 2.31. The standard InChI is InChI=1S/C12H18N2.ClH/c1-9-5-4-8-11(14-9)12(13)10-6-2-3-7-10;/h4-5,8,10,12H,2-3,6-7,13H2,1H3;1H/t12-;/m0./s1. The molecule has 1 saturated carbocycles. The summed E-state index contributed by atoms with van der Waals surface area (Å²) in [7, 11) is 0. The number of rotatable bonds is 2. The zero-order valence-electron chi connectivity index (χ0n) is 9.15. The van der Waals surface area contributed by atoms with Gasteiger partial charge in [-0.15, -0.1) is 12.4 Å².